The Morgan fingerprint density at radius 2 is 1.03 bits per heavy atom. The second kappa shape index (κ2) is 15.6. The first kappa shape index (κ1) is 38.4. The van der Waals surface area contributed by atoms with Crippen LogP contribution in [0, 0.1) is 6.92 Å². The van der Waals surface area contributed by atoms with E-state index < -0.39 is 0 Å². The number of benzene rings is 10. The molecule has 0 spiro atoms. The number of nitrogens with zero attached hydrogens (tertiary/aromatic N) is 3. The van der Waals surface area contributed by atoms with Crippen molar-refractivity contribution >= 4 is 94.8 Å². The van der Waals surface area contributed by atoms with E-state index in [4.69, 9.17) is 0 Å². The normalized spacial score (nSPS) is 12.5. The molecule has 66 heavy (non-hydrogen) atoms. The average molecular weight is 860 g/mol. The van der Waals surface area contributed by atoms with Crippen LogP contribution >= 0.6 is 11.3 Å². The highest BCUT2D eigenvalue weighted by atomic mass is 32.1. The first-order valence-electron chi connectivity index (χ1n) is 22.7. The van der Waals surface area contributed by atoms with Crippen LogP contribution in [0.25, 0.3) is 53.6 Å². The summed E-state index contributed by atoms with van der Waals surface area (Å²) in [6.07, 6.45) is 0. The summed E-state index contributed by atoms with van der Waals surface area (Å²) >= 11 is 1.92. The van der Waals surface area contributed by atoms with Gasteiger partial charge in [0.15, 0.2) is 0 Å². The molecule has 2 aliphatic rings. The van der Waals surface area contributed by atoms with Gasteiger partial charge in [0, 0.05) is 76.8 Å². The van der Waals surface area contributed by atoms with Gasteiger partial charge in [0.25, 0.3) is 0 Å². The SMILES string of the molecule is Cc1cc(-c2ccccc2)ccc1N1c2ccc(N(c3ccccc3)c3ccccc3)cc2B2c3c1cc1c(sc4ccccc41)c3-c1ccccc1N2c1cccc(-c2ccccc2)c1. The number of thiophene rings is 1. The molecule has 0 bridgehead atoms. The number of para-hydroxylation sites is 3. The lowest BCUT2D eigenvalue weighted by Crippen LogP contribution is -2.61. The zero-order chi connectivity index (χ0) is 43.7. The van der Waals surface area contributed by atoms with E-state index >= 15 is 0 Å². The van der Waals surface area contributed by atoms with Crippen molar-refractivity contribution in [2.24, 2.45) is 0 Å². The molecule has 0 radical (unpaired) electrons. The molecule has 0 saturated carbocycles. The maximum atomic E-state index is 2.63. The van der Waals surface area contributed by atoms with E-state index in [0.29, 0.717) is 0 Å². The number of anilines is 8. The van der Waals surface area contributed by atoms with Gasteiger partial charge in [0.1, 0.15) is 0 Å². The van der Waals surface area contributed by atoms with Crippen molar-refractivity contribution < 1.29 is 0 Å². The van der Waals surface area contributed by atoms with Crippen molar-refractivity contribution in [3.8, 4) is 33.4 Å². The van der Waals surface area contributed by atoms with Crippen molar-refractivity contribution in [2.45, 2.75) is 6.92 Å². The highest BCUT2D eigenvalue weighted by Gasteiger charge is 2.46. The van der Waals surface area contributed by atoms with Gasteiger partial charge in [-0.15, -0.1) is 11.3 Å². The first-order chi connectivity index (χ1) is 32.7. The van der Waals surface area contributed by atoms with E-state index in [-0.39, 0.29) is 6.85 Å². The molecule has 13 rings (SSSR count). The molecule has 10 aromatic carbocycles. The topological polar surface area (TPSA) is 9.72 Å². The van der Waals surface area contributed by atoms with Crippen molar-refractivity contribution in [3.63, 3.8) is 0 Å². The maximum absolute atomic E-state index is 2.63. The summed E-state index contributed by atoms with van der Waals surface area (Å²) in [5, 5.41) is 2.59. The Morgan fingerprint density at radius 3 is 1.74 bits per heavy atom. The van der Waals surface area contributed by atoms with Gasteiger partial charge in [-0.05, 0) is 131 Å². The number of hydrogen-bond acceptors (Lipinski definition) is 4. The fourth-order valence-corrected chi connectivity index (χ4v) is 11.9. The van der Waals surface area contributed by atoms with Gasteiger partial charge in [-0.2, -0.15) is 0 Å². The van der Waals surface area contributed by atoms with Crippen LogP contribution in [0.4, 0.5) is 45.5 Å². The van der Waals surface area contributed by atoms with Crippen LogP contribution in [0.15, 0.2) is 237 Å². The monoisotopic (exact) mass is 859 g/mol. The molecule has 0 amide bonds. The van der Waals surface area contributed by atoms with E-state index in [1.165, 1.54) is 92.8 Å². The van der Waals surface area contributed by atoms with Crippen LogP contribution in [0.3, 0.4) is 0 Å². The molecule has 0 saturated heterocycles. The summed E-state index contributed by atoms with van der Waals surface area (Å²) in [4.78, 5) is 7.60. The lowest BCUT2D eigenvalue weighted by molar-refractivity contribution is 1.24. The van der Waals surface area contributed by atoms with Crippen LogP contribution in [-0.2, 0) is 0 Å². The lowest BCUT2D eigenvalue weighted by Gasteiger charge is -2.46. The fraction of sp³-hybridized carbons (Fsp3) is 0.0164. The summed E-state index contributed by atoms with van der Waals surface area (Å²) < 4.78 is 2.63. The highest BCUT2D eigenvalue weighted by Crippen LogP contribution is 2.52. The molecular weight excluding hydrogens is 818 g/mol. The molecule has 0 unspecified atom stereocenters. The van der Waals surface area contributed by atoms with Gasteiger partial charge in [-0.1, -0.05) is 152 Å². The van der Waals surface area contributed by atoms with E-state index in [9.17, 15) is 0 Å². The molecule has 310 valence electrons. The Balaban J connectivity index is 1.14. The molecule has 0 aliphatic carbocycles. The standard InChI is InChI=1S/C61H42BN3S/c1-41-37-45(43-21-8-3-9-22-43)33-35-54(41)64-56-36-34-48(63(46-24-10-4-11-25-46)47-26-12-5-13-27-47)39-53(56)62-60-57(64)40-52-50-29-15-17-32-58(50)66-61(52)59(60)51-30-14-16-31-55(51)65(62)49-28-18-23-44(38-49)42-19-6-2-7-20-42/h2-40H,1H3. The zero-order valence-corrected chi connectivity index (χ0v) is 37.2. The van der Waals surface area contributed by atoms with Gasteiger partial charge in [-0.25, -0.2) is 0 Å². The smallest absolute Gasteiger partial charge is 0.333 e. The Morgan fingerprint density at radius 1 is 0.424 bits per heavy atom. The van der Waals surface area contributed by atoms with Crippen molar-refractivity contribution in [3.05, 3.63) is 242 Å². The molecular formula is C61H42BN3S. The number of fused-ring (bicyclic) bond motifs is 8. The predicted octanol–water partition coefficient (Wildman–Crippen LogP) is 15.9. The fourth-order valence-electron chi connectivity index (χ4n) is 10.6. The zero-order valence-electron chi connectivity index (χ0n) is 36.3. The molecule has 2 aliphatic heterocycles. The van der Waals surface area contributed by atoms with E-state index in [2.05, 4.69) is 258 Å². The van der Waals surface area contributed by atoms with Crippen LogP contribution in [0.2, 0.25) is 0 Å². The molecule has 11 aromatic rings. The minimum atomic E-state index is -0.172. The summed E-state index contributed by atoms with van der Waals surface area (Å²) in [7, 11) is 0. The van der Waals surface area contributed by atoms with Crippen LogP contribution in [0.1, 0.15) is 5.56 Å². The molecule has 3 heterocycles. The van der Waals surface area contributed by atoms with Crippen LogP contribution in [0.5, 0.6) is 0 Å². The Bertz CT molecular complexity index is 3590. The van der Waals surface area contributed by atoms with Crippen molar-refractivity contribution in [2.75, 3.05) is 14.6 Å². The first-order valence-corrected chi connectivity index (χ1v) is 23.5. The van der Waals surface area contributed by atoms with Gasteiger partial charge in [0.2, 0.25) is 0 Å². The van der Waals surface area contributed by atoms with E-state index in [0.717, 1.165) is 22.7 Å². The van der Waals surface area contributed by atoms with Gasteiger partial charge < -0.3 is 14.6 Å². The molecule has 0 atom stereocenters. The summed E-state index contributed by atoms with van der Waals surface area (Å²) in [5.41, 5.74) is 20.4. The Kier molecular flexibility index (Phi) is 9.04. The molecule has 0 N–H and O–H groups in total. The molecule has 5 heteroatoms. The Hall–Kier alpha value is -8.12. The van der Waals surface area contributed by atoms with Crippen molar-refractivity contribution in [1.82, 2.24) is 0 Å². The highest BCUT2D eigenvalue weighted by molar-refractivity contribution is 7.26. The maximum Gasteiger partial charge on any atom is 0.333 e. The molecule has 1 aromatic heterocycles. The number of aryl methyl sites for hydroxylation is 1. The second-order valence-corrected chi connectivity index (χ2v) is 18.4. The third kappa shape index (κ3) is 6.12. The summed E-state index contributed by atoms with van der Waals surface area (Å²) in [5.74, 6) is 0. The second-order valence-electron chi connectivity index (χ2n) is 17.3. The Labute approximate surface area is 389 Å². The van der Waals surface area contributed by atoms with Gasteiger partial charge >= 0.3 is 6.85 Å². The van der Waals surface area contributed by atoms with E-state index in [1.807, 2.05) is 11.3 Å². The minimum Gasteiger partial charge on any atom is -0.376 e. The van der Waals surface area contributed by atoms with Gasteiger partial charge in [0.05, 0.1) is 0 Å². The third-order valence-electron chi connectivity index (χ3n) is 13.5. The number of rotatable bonds is 7. The van der Waals surface area contributed by atoms with E-state index in [1.54, 1.807) is 0 Å². The van der Waals surface area contributed by atoms with Crippen molar-refractivity contribution in [1.29, 1.82) is 0 Å². The molecule has 0 fully saturated rings. The minimum absolute atomic E-state index is 0.172. The van der Waals surface area contributed by atoms with Crippen LogP contribution in [-0.4, -0.2) is 6.85 Å². The summed E-state index contributed by atoms with van der Waals surface area (Å²) in [6, 6.07) is 86.9. The quantitative estimate of drug-likeness (QED) is 0.148. The predicted molar refractivity (Wildman–Crippen MR) is 283 cm³/mol. The molecule has 3 nitrogen and oxygen atoms in total. The lowest BCUT2D eigenvalue weighted by atomic mass is 9.43. The number of hydrogen-bond donors (Lipinski definition) is 0. The van der Waals surface area contributed by atoms with Crippen LogP contribution < -0.4 is 25.5 Å². The third-order valence-corrected chi connectivity index (χ3v) is 14.7. The largest absolute Gasteiger partial charge is 0.376 e. The van der Waals surface area contributed by atoms with Gasteiger partial charge in [-0.3, -0.25) is 0 Å². The average Bonchev–Trinajstić information content (AvgIpc) is 3.76. The summed E-state index contributed by atoms with van der Waals surface area (Å²) in [6.45, 7) is 2.10.